The first-order chi connectivity index (χ1) is 17.8. The Labute approximate surface area is 240 Å². The number of halogens is 1. The van der Waals surface area contributed by atoms with E-state index in [9.17, 15) is 16.8 Å². The molecule has 0 aliphatic heterocycles. The zero-order valence-electron chi connectivity index (χ0n) is 22.3. The number of thiazole rings is 1. The molecule has 39 heavy (non-hydrogen) atoms. The van der Waals surface area contributed by atoms with E-state index >= 15 is 0 Å². The summed E-state index contributed by atoms with van der Waals surface area (Å²) in [5, 5.41) is 1.03. The highest BCUT2D eigenvalue weighted by molar-refractivity contribution is 7.86. The minimum Gasteiger partial charge on any atom is -0.495 e. The predicted octanol–water partition coefficient (Wildman–Crippen LogP) is 4.37. The van der Waals surface area contributed by atoms with Crippen molar-refractivity contribution in [2.24, 2.45) is 4.99 Å². The van der Waals surface area contributed by atoms with Gasteiger partial charge in [-0.15, -0.1) is 23.7 Å². The predicted molar refractivity (Wildman–Crippen MR) is 158 cm³/mol. The molecule has 14 heteroatoms. The summed E-state index contributed by atoms with van der Waals surface area (Å²) in [5.74, 6) is 0.498. The number of rotatable bonds is 13. The molecule has 1 heterocycles. The van der Waals surface area contributed by atoms with Crippen LogP contribution in [0.1, 0.15) is 15.4 Å². The van der Waals surface area contributed by atoms with Crippen LogP contribution in [0.5, 0.6) is 5.75 Å². The Bertz CT molecular complexity index is 1450. The Balaban J connectivity index is 0.00000533. The summed E-state index contributed by atoms with van der Waals surface area (Å²) in [5.41, 5.74) is 4.20. The number of ether oxygens (including phenoxy) is 1. The Morgan fingerprint density at radius 3 is 2.03 bits per heavy atom. The maximum atomic E-state index is 11.4. The van der Waals surface area contributed by atoms with Crippen LogP contribution in [0, 0.1) is 13.8 Å². The van der Waals surface area contributed by atoms with Crippen LogP contribution in [0.3, 0.4) is 0 Å². The van der Waals surface area contributed by atoms with Gasteiger partial charge in [0.05, 0.1) is 54.9 Å². The number of methoxy groups -OCH3 is 1. The van der Waals surface area contributed by atoms with E-state index < -0.39 is 20.2 Å². The minimum absolute atomic E-state index is 0. The molecule has 0 saturated carbocycles. The molecule has 214 valence electrons. The Morgan fingerprint density at radius 1 is 0.949 bits per heavy atom. The number of hydrogen-bond acceptors (Lipinski definition) is 11. The first-order valence-electron chi connectivity index (χ1n) is 11.5. The number of nitrogens with zero attached hydrogens (tertiary/aromatic N) is 3. The second kappa shape index (κ2) is 14.2. The topological polar surface area (TPSA) is 124 Å². The monoisotopic (exact) mass is 617 g/mol. The van der Waals surface area contributed by atoms with E-state index in [0.29, 0.717) is 11.4 Å². The highest BCUT2D eigenvalue weighted by Crippen LogP contribution is 2.30. The lowest BCUT2D eigenvalue weighted by Gasteiger charge is -2.26. The molecule has 0 bridgehead atoms. The van der Waals surface area contributed by atoms with E-state index in [-0.39, 0.29) is 38.7 Å². The Kier molecular flexibility index (Phi) is 11.9. The number of aliphatic imine (C=N–C) groups is 1. The molecule has 0 aliphatic carbocycles. The molecule has 10 nitrogen and oxygen atoms in total. The molecular weight excluding hydrogens is 586 g/mol. The lowest BCUT2D eigenvalue weighted by Crippen LogP contribution is -2.32. The van der Waals surface area contributed by atoms with Crippen LogP contribution in [0.2, 0.25) is 0 Å². The van der Waals surface area contributed by atoms with Crippen LogP contribution >= 0.6 is 23.7 Å². The van der Waals surface area contributed by atoms with E-state index in [1.54, 1.807) is 34.6 Å². The second-order valence-electron chi connectivity index (χ2n) is 8.41. The van der Waals surface area contributed by atoms with Gasteiger partial charge in [-0.2, -0.15) is 16.8 Å². The van der Waals surface area contributed by atoms with Crippen molar-refractivity contribution in [2.75, 3.05) is 50.8 Å². The van der Waals surface area contributed by atoms with E-state index in [2.05, 4.69) is 16.9 Å². The summed E-state index contributed by atoms with van der Waals surface area (Å²) in [7, 11) is -5.74. The van der Waals surface area contributed by atoms with Crippen LogP contribution in [0.4, 0.5) is 11.4 Å². The molecule has 0 spiro atoms. The van der Waals surface area contributed by atoms with Crippen molar-refractivity contribution in [1.29, 1.82) is 0 Å². The van der Waals surface area contributed by atoms with Gasteiger partial charge in [-0.05, 0) is 43.7 Å². The molecule has 0 saturated heterocycles. The van der Waals surface area contributed by atoms with Gasteiger partial charge in [-0.25, -0.2) is 4.98 Å². The Morgan fingerprint density at radius 2 is 1.54 bits per heavy atom. The maximum Gasteiger partial charge on any atom is 0.264 e. The molecule has 3 rings (SSSR count). The smallest absolute Gasteiger partial charge is 0.264 e. The molecule has 1 aromatic heterocycles. The quantitative estimate of drug-likeness (QED) is 0.203. The van der Waals surface area contributed by atoms with Crippen molar-refractivity contribution < 1.29 is 29.9 Å². The third-order valence-electron chi connectivity index (χ3n) is 5.27. The molecule has 0 aliphatic rings. The van der Waals surface area contributed by atoms with Crippen molar-refractivity contribution in [2.45, 2.75) is 13.8 Å². The summed E-state index contributed by atoms with van der Waals surface area (Å²) < 4.78 is 60.8. The molecule has 0 fully saturated rings. The molecule has 3 aromatic rings. The number of aromatic nitrogens is 1. The normalized spacial score (nSPS) is 11.9. The molecule has 0 atom stereocenters. The molecule has 0 N–H and O–H groups in total. The minimum atomic E-state index is -3.63. The van der Waals surface area contributed by atoms with Crippen LogP contribution < -0.4 is 9.64 Å². The summed E-state index contributed by atoms with van der Waals surface area (Å²) in [6.45, 7) is 4.12. The lowest BCUT2D eigenvalue weighted by molar-refractivity contribution is 0.308. The number of hydrogen-bond donors (Lipinski definition) is 0. The molecule has 0 radical (unpaired) electrons. The van der Waals surface area contributed by atoms with E-state index in [1.165, 1.54) is 12.0 Å². The third-order valence-corrected chi connectivity index (χ3v) is 7.34. The van der Waals surface area contributed by atoms with E-state index in [0.717, 1.165) is 40.0 Å². The summed E-state index contributed by atoms with van der Waals surface area (Å²) in [4.78, 5) is 12.1. The van der Waals surface area contributed by atoms with Gasteiger partial charge in [0.1, 0.15) is 5.75 Å². The SMILES string of the molecule is COc1cc(C=Nc2ccc(-c3nc(C)sc3C)cc2)ccc1N(CCOS(C)(=O)=O)CCOS(C)(=O)=O.Cl. The first-order valence-corrected chi connectivity index (χ1v) is 16.0. The van der Waals surface area contributed by atoms with Gasteiger partial charge >= 0.3 is 0 Å². The van der Waals surface area contributed by atoms with Crippen LogP contribution in [-0.2, 0) is 28.6 Å². The molecular formula is C25H32ClN3O7S3. The fraction of sp³-hybridized carbons (Fsp3) is 0.360. The molecule has 2 aromatic carbocycles. The second-order valence-corrected chi connectivity index (χ2v) is 13.1. The number of aryl methyl sites for hydroxylation is 2. The van der Waals surface area contributed by atoms with Crippen molar-refractivity contribution in [3.05, 3.63) is 57.9 Å². The van der Waals surface area contributed by atoms with Gasteiger partial charge in [0, 0.05) is 29.7 Å². The van der Waals surface area contributed by atoms with Crippen LogP contribution in [0.25, 0.3) is 11.3 Å². The van der Waals surface area contributed by atoms with Crippen molar-refractivity contribution in [3.8, 4) is 17.0 Å². The standard InChI is InChI=1S/C25H31N3O7S3.ClH/c1-18-25(27-19(2)36-18)21-7-9-22(10-8-21)26-17-20-6-11-23(24(16-20)33-3)28(12-14-34-37(4,29)30)13-15-35-38(5,31)32;/h6-11,16-17H,12-15H2,1-5H3;1H. The maximum absolute atomic E-state index is 11.4. The van der Waals surface area contributed by atoms with Crippen molar-refractivity contribution in [3.63, 3.8) is 0 Å². The molecule has 0 unspecified atom stereocenters. The lowest BCUT2D eigenvalue weighted by atomic mass is 10.1. The molecule has 0 amide bonds. The van der Waals surface area contributed by atoms with Crippen LogP contribution in [0.15, 0.2) is 47.5 Å². The van der Waals surface area contributed by atoms with E-state index in [4.69, 9.17) is 13.1 Å². The highest BCUT2D eigenvalue weighted by Gasteiger charge is 2.15. The third kappa shape index (κ3) is 10.5. The zero-order valence-corrected chi connectivity index (χ0v) is 25.5. The first kappa shape index (κ1) is 32.7. The fourth-order valence-corrected chi connectivity index (χ4v) is 5.23. The largest absolute Gasteiger partial charge is 0.495 e. The van der Waals surface area contributed by atoms with Gasteiger partial charge in [-0.3, -0.25) is 13.4 Å². The fourth-order valence-electron chi connectivity index (χ4n) is 3.64. The van der Waals surface area contributed by atoms with Gasteiger partial charge in [0.15, 0.2) is 0 Å². The average Bonchev–Trinajstić information content (AvgIpc) is 3.18. The zero-order chi connectivity index (χ0) is 27.9. The van der Waals surface area contributed by atoms with Crippen LogP contribution in [-0.4, -0.2) is 74.0 Å². The number of benzene rings is 2. The van der Waals surface area contributed by atoms with Gasteiger partial charge < -0.3 is 9.64 Å². The van der Waals surface area contributed by atoms with E-state index in [1.807, 2.05) is 37.3 Å². The van der Waals surface area contributed by atoms with Gasteiger partial charge in [0.25, 0.3) is 20.2 Å². The summed E-state index contributed by atoms with van der Waals surface area (Å²) in [6.07, 6.45) is 3.64. The van der Waals surface area contributed by atoms with Gasteiger partial charge in [0.2, 0.25) is 0 Å². The van der Waals surface area contributed by atoms with Crippen molar-refractivity contribution in [1.82, 2.24) is 4.98 Å². The number of anilines is 1. The highest BCUT2D eigenvalue weighted by atomic mass is 35.5. The Hall–Kier alpha value is -2.55. The van der Waals surface area contributed by atoms with Gasteiger partial charge in [-0.1, -0.05) is 18.2 Å². The summed E-state index contributed by atoms with van der Waals surface area (Å²) >= 11 is 1.67. The average molecular weight is 618 g/mol. The van der Waals surface area contributed by atoms with Crippen molar-refractivity contribution >= 4 is 61.6 Å². The summed E-state index contributed by atoms with van der Waals surface area (Å²) in [6, 6.07) is 13.3.